The average Bonchev–Trinajstić information content (AvgIpc) is 2.90. The van der Waals surface area contributed by atoms with Gasteiger partial charge in [-0.2, -0.15) is 0 Å². The van der Waals surface area contributed by atoms with Crippen LogP contribution in [0, 0.1) is 0 Å². The predicted octanol–water partition coefficient (Wildman–Crippen LogP) is 2.91. The Labute approximate surface area is 127 Å². The first-order chi connectivity index (χ1) is 10.2. The van der Waals surface area contributed by atoms with Gasteiger partial charge in [-0.25, -0.2) is 4.79 Å². The standard InChI is InChI=1S/C16H17NO3S/c18-15(17-8-4-3-6-13(17)16(19)20)9-11-10-21-14-7-2-1-5-12(11)14/h1-2,5,7,10,13H,3-4,6,8-9H2,(H,19,20)/t13-/m1/s1. The van der Waals surface area contributed by atoms with Gasteiger partial charge in [0.25, 0.3) is 0 Å². The molecule has 110 valence electrons. The van der Waals surface area contributed by atoms with Crippen LogP contribution in [0.2, 0.25) is 0 Å². The molecule has 1 aliphatic rings. The smallest absolute Gasteiger partial charge is 0.326 e. The predicted molar refractivity (Wildman–Crippen MR) is 82.5 cm³/mol. The molecule has 2 heterocycles. The van der Waals surface area contributed by atoms with Gasteiger partial charge in [0, 0.05) is 11.2 Å². The molecule has 0 bridgehead atoms. The summed E-state index contributed by atoms with van der Waals surface area (Å²) in [5.74, 6) is -0.969. The second kappa shape index (κ2) is 5.85. The fourth-order valence-corrected chi connectivity index (χ4v) is 3.88. The van der Waals surface area contributed by atoms with Gasteiger partial charge in [-0.05, 0) is 41.7 Å². The van der Waals surface area contributed by atoms with E-state index in [2.05, 4.69) is 0 Å². The highest BCUT2D eigenvalue weighted by Gasteiger charge is 2.31. The molecule has 3 rings (SSSR count). The number of benzene rings is 1. The molecule has 4 nitrogen and oxygen atoms in total. The van der Waals surface area contributed by atoms with Crippen molar-refractivity contribution in [2.45, 2.75) is 31.7 Å². The third-order valence-electron chi connectivity index (χ3n) is 4.01. The molecule has 21 heavy (non-hydrogen) atoms. The molecule has 2 aromatic rings. The number of rotatable bonds is 3. The minimum absolute atomic E-state index is 0.0781. The lowest BCUT2D eigenvalue weighted by Crippen LogP contribution is -2.48. The van der Waals surface area contributed by atoms with E-state index >= 15 is 0 Å². The van der Waals surface area contributed by atoms with Crippen LogP contribution in [0.4, 0.5) is 0 Å². The second-order valence-corrected chi connectivity index (χ2v) is 6.28. The molecule has 1 fully saturated rings. The lowest BCUT2D eigenvalue weighted by molar-refractivity contribution is -0.151. The monoisotopic (exact) mass is 303 g/mol. The van der Waals surface area contributed by atoms with Crippen LogP contribution in [0.1, 0.15) is 24.8 Å². The third-order valence-corrected chi connectivity index (χ3v) is 5.02. The highest BCUT2D eigenvalue weighted by Crippen LogP contribution is 2.27. The summed E-state index contributed by atoms with van der Waals surface area (Å²) >= 11 is 1.62. The zero-order valence-corrected chi connectivity index (χ0v) is 12.4. The van der Waals surface area contributed by atoms with Crippen molar-refractivity contribution in [3.63, 3.8) is 0 Å². The maximum Gasteiger partial charge on any atom is 0.326 e. The molecule has 0 aliphatic carbocycles. The number of nitrogens with zero attached hydrogens (tertiary/aromatic N) is 1. The zero-order valence-electron chi connectivity index (χ0n) is 11.6. The van der Waals surface area contributed by atoms with Gasteiger partial charge in [-0.1, -0.05) is 18.2 Å². The topological polar surface area (TPSA) is 57.6 Å². The highest BCUT2D eigenvalue weighted by atomic mass is 32.1. The number of fused-ring (bicyclic) bond motifs is 1. The molecule has 0 unspecified atom stereocenters. The number of carbonyl (C=O) groups excluding carboxylic acids is 1. The SMILES string of the molecule is O=C(O)[C@H]1CCCCN1C(=O)Cc1csc2ccccc12. The fourth-order valence-electron chi connectivity index (χ4n) is 2.92. The van der Waals surface area contributed by atoms with Crippen LogP contribution in [0.25, 0.3) is 10.1 Å². The molecule has 1 saturated heterocycles. The van der Waals surface area contributed by atoms with Crippen molar-refractivity contribution in [1.82, 2.24) is 4.90 Å². The summed E-state index contributed by atoms with van der Waals surface area (Å²) in [6.07, 6.45) is 2.61. The van der Waals surface area contributed by atoms with Crippen molar-refractivity contribution < 1.29 is 14.7 Å². The van der Waals surface area contributed by atoms with E-state index in [0.29, 0.717) is 13.0 Å². The van der Waals surface area contributed by atoms with E-state index in [1.165, 1.54) is 4.90 Å². The Balaban J connectivity index is 1.80. The van der Waals surface area contributed by atoms with Crippen molar-refractivity contribution in [3.05, 3.63) is 35.2 Å². The third kappa shape index (κ3) is 2.78. The van der Waals surface area contributed by atoms with Crippen molar-refractivity contribution >= 4 is 33.3 Å². The summed E-state index contributed by atoms with van der Waals surface area (Å²) in [6, 6.07) is 7.34. The van der Waals surface area contributed by atoms with Gasteiger partial charge in [0.05, 0.1) is 6.42 Å². The Hall–Kier alpha value is -1.88. The van der Waals surface area contributed by atoms with E-state index in [9.17, 15) is 14.7 Å². The van der Waals surface area contributed by atoms with Crippen molar-refractivity contribution in [2.24, 2.45) is 0 Å². The molecular weight excluding hydrogens is 286 g/mol. The van der Waals surface area contributed by atoms with Gasteiger partial charge in [0.15, 0.2) is 0 Å². The van der Waals surface area contributed by atoms with Crippen molar-refractivity contribution in [3.8, 4) is 0 Å². The maximum atomic E-state index is 12.5. The first kappa shape index (κ1) is 14.1. The van der Waals surface area contributed by atoms with Crippen LogP contribution in [0.3, 0.4) is 0 Å². The van der Waals surface area contributed by atoms with Crippen LogP contribution in [0.15, 0.2) is 29.6 Å². The molecule has 0 saturated carbocycles. The van der Waals surface area contributed by atoms with Crippen LogP contribution in [-0.2, 0) is 16.0 Å². The summed E-state index contributed by atoms with van der Waals surface area (Å²) in [5.41, 5.74) is 0.996. The molecule has 1 atom stereocenters. The average molecular weight is 303 g/mol. The van der Waals surface area contributed by atoms with E-state index in [-0.39, 0.29) is 12.3 Å². The Morgan fingerprint density at radius 1 is 1.29 bits per heavy atom. The molecule has 1 amide bonds. The molecule has 1 N–H and O–H groups in total. The number of aliphatic carboxylic acids is 1. The molecule has 0 spiro atoms. The first-order valence-corrected chi connectivity index (χ1v) is 8.02. The van der Waals surface area contributed by atoms with Gasteiger partial charge < -0.3 is 10.0 Å². The van der Waals surface area contributed by atoms with E-state index in [0.717, 1.165) is 28.5 Å². The number of thiophene rings is 1. The number of piperidine rings is 1. The van der Waals surface area contributed by atoms with Crippen LogP contribution < -0.4 is 0 Å². The quantitative estimate of drug-likeness (QED) is 0.948. The van der Waals surface area contributed by atoms with E-state index in [4.69, 9.17) is 0 Å². The Kier molecular flexibility index (Phi) is 3.92. The van der Waals surface area contributed by atoms with Gasteiger partial charge in [-0.15, -0.1) is 11.3 Å². The number of amides is 1. The number of carbonyl (C=O) groups is 2. The number of carboxylic acids is 1. The van der Waals surface area contributed by atoms with E-state index in [1.54, 1.807) is 11.3 Å². The van der Waals surface area contributed by atoms with Crippen LogP contribution >= 0.6 is 11.3 Å². The summed E-state index contributed by atoms with van der Waals surface area (Å²) in [4.78, 5) is 25.3. The maximum absolute atomic E-state index is 12.5. The summed E-state index contributed by atoms with van der Waals surface area (Å²) in [7, 11) is 0. The summed E-state index contributed by atoms with van der Waals surface area (Å²) < 4.78 is 1.16. The molecule has 1 aliphatic heterocycles. The van der Waals surface area contributed by atoms with E-state index < -0.39 is 12.0 Å². The Morgan fingerprint density at radius 2 is 2.10 bits per heavy atom. The lowest BCUT2D eigenvalue weighted by atomic mass is 10.0. The normalized spacial score (nSPS) is 18.9. The highest BCUT2D eigenvalue weighted by molar-refractivity contribution is 7.17. The number of hydrogen-bond donors (Lipinski definition) is 1. The van der Waals surface area contributed by atoms with E-state index in [1.807, 2.05) is 29.6 Å². The fraction of sp³-hybridized carbons (Fsp3) is 0.375. The second-order valence-electron chi connectivity index (χ2n) is 5.37. The van der Waals surface area contributed by atoms with Gasteiger partial charge in [0.2, 0.25) is 5.91 Å². The molecule has 1 aromatic carbocycles. The Morgan fingerprint density at radius 3 is 2.90 bits per heavy atom. The molecule has 1 aromatic heterocycles. The number of hydrogen-bond acceptors (Lipinski definition) is 3. The Bertz CT molecular complexity index is 679. The van der Waals surface area contributed by atoms with Crippen LogP contribution in [0.5, 0.6) is 0 Å². The largest absolute Gasteiger partial charge is 0.480 e. The molecule has 5 heteroatoms. The number of likely N-dealkylation sites (tertiary alicyclic amines) is 1. The van der Waals surface area contributed by atoms with Crippen molar-refractivity contribution in [1.29, 1.82) is 0 Å². The lowest BCUT2D eigenvalue weighted by Gasteiger charge is -2.33. The minimum atomic E-state index is -0.891. The summed E-state index contributed by atoms with van der Waals surface area (Å²) in [6.45, 7) is 0.553. The first-order valence-electron chi connectivity index (χ1n) is 7.14. The van der Waals surface area contributed by atoms with Gasteiger partial charge in [-0.3, -0.25) is 4.79 Å². The zero-order chi connectivity index (χ0) is 14.8. The molecular formula is C16H17NO3S. The van der Waals surface area contributed by atoms with Crippen LogP contribution in [-0.4, -0.2) is 34.5 Å². The van der Waals surface area contributed by atoms with Crippen molar-refractivity contribution in [2.75, 3.05) is 6.54 Å². The number of carboxylic acid groups (broad SMARTS) is 1. The minimum Gasteiger partial charge on any atom is -0.480 e. The van der Waals surface area contributed by atoms with Gasteiger partial charge >= 0.3 is 5.97 Å². The molecule has 0 radical (unpaired) electrons. The van der Waals surface area contributed by atoms with Gasteiger partial charge in [0.1, 0.15) is 6.04 Å². The summed E-state index contributed by atoms with van der Waals surface area (Å²) in [5, 5.41) is 12.4.